The predicted octanol–water partition coefficient (Wildman–Crippen LogP) is 1.35. The van der Waals surface area contributed by atoms with Gasteiger partial charge in [0.1, 0.15) is 17.5 Å². The monoisotopic (exact) mass is 424 g/mol. The van der Waals surface area contributed by atoms with Crippen LogP contribution in [0.25, 0.3) is 0 Å². The zero-order valence-corrected chi connectivity index (χ0v) is 17.8. The first kappa shape index (κ1) is 22.5. The molecule has 0 saturated carbocycles. The normalized spacial score (nSPS) is 27.0. The molecule has 168 valence electrons. The minimum atomic E-state index is -0.793. The zero-order chi connectivity index (χ0) is 21.7. The molecule has 0 unspecified atom stereocenters. The van der Waals surface area contributed by atoms with Crippen LogP contribution in [0.1, 0.15) is 44.1 Å². The quantitative estimate of drug-likeness (QED) is 0.651. The Morgan fingerprint density at radius 3 is 2.77 bits per heavy atom. The van der Waals surface area contributed by atoms with Gasteiger partial charge in [0, 0.05) is 6.54 Å². The van der Waals surface area contributed by atoms with Crippen LogP contribution in [-0.2, 0) is 14.3 Å². The molecule has 1 aromatic rings. The van der Waals surface area contributed by atoms with E-state index in [0.717, 1.165) is 6.42 Å². The van der Waals surface area contributed by atoms with Crippen LogP contribution in [0.2, 0.25) is 0 Å². The van der Waals surface area contributed by atoms with Crippen LogP contribution in [-0.4, -0.2) is 77.8 Å². The number of aliphatic hydroxyl groups is 1. The average Bonchev–Trinajstić information content (AvgIpc) is 3.01. The Balaban J connectivity index is 1.69. The van der Waals surface area contributed by atoms with Crippen LogP contribution < -0.4 is 10.6 Å². The van der Waals surface area contributed by atoms with E-state index in [0.29, 0.717) is 36.5 Å². The SMILES string of the molecule is CCCNC(=O)C[C@@H]1CC[C@@H]2[C@H](COC[C@@H](O)CN2C(=O)Nc2c(C)noc2C)O1. The Morgan fingerprint density at radius 1 is 1.27 bits per heavy atom. The van der Waals surface area contributed by atoms with E-state index < -0.39 is 6.10 Å². The highest BCUT2D eigenvalue weighted by atomic mass is 16.5. The second-order valence-corrected chi connectivity index (χ2v) is 7.97. The standard InChI is InChI=1S/C20H32N4O6/c1-4-7-21-18(26)8-15-5-6-16-17(29-15)11-28-10-14(25)9-24(16)20(27)22-19-12(2)23-30-13(19)3/h14-17,25H,4-11H2,1-3H3,(H,21,26)(H,22,27)/t14-,15-,16+,17-/m0/s1. The van der Waals surface area contributed by atoms with Crippen LogP contribution in [0.3, 0.4) is 0 Å². The highest BCUT2D eigenvalue weighted by Crippen LogP contribution is 2.29. The van der Waals surface area contributed by atoms with E-state index >= 15 is 0 Å². The third-order valence-corrected chi connectivity index (χ3v) is 5.49. The minimum absolute atomic E-state index is 0.0320. The van der Waals surface area contributed by atoms with Gasteiger partial charge in [-0.2, -0.15) is 0 Å². The third kappa shape index (κ3) is 5.50. The van der Waals surface area contributed by atoms with Crippen molar-refractivity contribution in [2.24, 2.45) is 0 Å². The van der Waals surface area contributed by atoms with Crippen molar-refractivity contribution in [2.75, 3.05) is 31.6 Å². The largest absolute Gasteiger partial charge is 0.389 e. The molecule has 10 heteroatoms. The number of hydrogen-bond acceptors (Lipinski definition) is 7. The van der Waals surface area contributed by atoms with Crippen LogP contribution in [0.4, 0.5) is 10.5 Å². The fourth-order valence-corrected chi connectivity index (χ4v) is 3.96. The summed E-state index contributed by atoms with van der Waals surface area (Å²) in [5.74, 6) is 0.488. The number of anilines is 1. The molecule has 2 aliphatic heterocycles. The number of fused-ring (bicyclic) bond motifs is 1. The van der Waals surface area contributed by atoms with Gasteiger partial charge in [0.25, 0.3) is 0 Å². The summed E-state index contributed by atoms with van der Waals surface area (Å²) < 4.78 is 16.9. The van der Waals surface area contributed by atoms with Crippen molar-refractivity contribution in [1.29, 1.82) is 0 Å². The van der Waals surface area contributed by atoms with Gasteiger partial charge in [0.15, 0.2) is 5.76 Å². The van der Waals surface area contributed by atoms with Gasteiger partial charge >= 0.3 is 6.03 Å². The molecule has 3 heterocycles. The molecular weight excluding hydrogens is 392 g/mol. The van der Waals surface area contributed by atoms with Gasteiger partial charge in [-0.3, -0.25) is 4.79 Å². The number of nitrogens with zero attached hydrogens (tertiary/aromatic N) is 2. The summed E-state index contributed by atoms with van der Waals surface area (Å²) in [6.07, 6.45) is 1.09. The Morgan fingerprint density at radius 2 is 2.07 bits per heavy atom. The average molecular weight is 424 g/mol. The van der Waals surface area contributed by atoms with Gasteiger partial charge in [-0.15, -0.1) is 0 Å². The first-order valence-corrected chi connectivity index (χ1v) is 10.6. The lowest BCUT2D eigenvalue weighted by Gasteiger charge is -2.44. The number of aryl methyl sites for hydroxylation is 2. The molecule has 0 aromatic carbocycles. The molecule has 2 aliphatic rings. The van der Waals surface area contributed by atoms with E-state index in [9.17, 15) is 14.7 Å². The number of aromatic nitrogens is 1. The van der Waals surface area contributed by atoms with Crippen LogP contribution in [0.15, 0.2) is 4.52 Å². The van der Waals surface area contributed by atoms with Crippen LogP contribution >= 0.6 is 0 Å². The predicted molar refractivity (Wildman–Crippen MR) is 108 cm³/mol. The molecule has 30 heavy (non-hydrogen) atoms. The molecule has 3 amide bonds. The van der Waals surface area contributed by atoms with Gasteiger partial charge < -0.3 is 34.6 Å². The summed E-state index contributed by atoms with van der Waals surface area (Å²) in [4.78, 5) is 26.8. The molecule has 10 nitrogen and oxygen atoms in total. The van der Waals surface area contributed by atoms with Crippen molar-refractivity contribution in [3.8, 4) is 0 Å². The second kappa shape index (κ2) is 10.2. The number of carbonyl (C=O) groups is 2. The molecular formula is C20H32N4O6. The van der Waals surface area contributed by atoms with E-state index in [2.05, 4.69) is 15.8 Å². The first-order chi connectivity index (χ1) is 14.4. The molecule has 1 aromatic heterocycles. The minimum Gasteiger partial charge on any atom is -0.389 e. The van der Waals surface area contributed by atoms with Gasteiger partial charge in [-0.25, -0.2) is 4.79 Å². The van der Waals surface area contributed by atoms with Gasteiger partial charge in [0.05, 0.1) is 44.4 Å². The lowest BCUT2D eigenvalue weighted by molar-refractivity contribution is -0.149. The molecule has 0 bridgehead atoms. The topological polar surface area (TPSA) is 126 Å². The summed E-state index contributed by atoms with van der Waals surface area (Å²) in [5.41, 5.74) is 1.12. The molecule has 3 N–H and O–H groups in total. The Bertz CT molecular complexity index is 719. The fraction of sp³-hybridized carbons (Fsp3) is 0.750. The fourth-order valence-electron chi connectivity index (χ4n) is 3.96. The van der Waals surface area contributed by atoms with Crippen molar-refractivity contribution >= 4 is 17.6 Å². The molecule has 0 aliphatic carbocycles. The van der Waals surface area contributed by atoms with E-state index in [-0.39, 0.29) is 56.4 Å². The molecule has 3 rings (SSSR count). The Hall–Kier alpha value is -2.17. The van der Waals surface area contributed by atoms with E-state index in [4.69, 9.17) is 14.0 Å². The van der Waals surface area contributed by atoms with Gasteiger partial charge in [0.2, 0.25) is 5.91 Å². The highest BCUT2D eigenvalue weighted by molar-refractivity contribution is 5.90. The van der Waals surface area contributed by atoms with E-state index in [1.807, 2.05) is 6.92 Å². The highest BCUT2D eigenvalue weighted by Gasteiger charge is 2.40. The number of urea groups is 1. The number of nitrogens with one attached hydrogen (secondary N) is 2. The number of amides is 3. The second-order valence-electron chi connectivity index (χ2n) is 7.97. The van der Waals surface area contributed by atoms with Crippen LogP contribution in [0.5, 0.6) is 0 Å². The maximum atomic E-state index is 13.1. The molecule has 4 atom stereocenters. The molecule has 0 radical (unpaired) electrons. The summed E-state index contributed by atoms with van der Waals surface area (Å²) in [7, 11) is 0. The van der Waals surface area contributed by atoms with Crippen molar-refractivity contribution in [3.63, 3.8) is 0 Å². The van der Waals surface area contributed by atoms with Gasteiger partial charge in [-0.05, 0) is 33.1 Å². The number of hydrogen-bond donors (Lipinski definition) is 3. The Labute approximate surface area is 176 Å². The van der Waals surface area contributed by atoms with Crippen molar-refractivity contribution in [1.82, 2.24) is 15.4 Å². The molecule has 2 saturated heterocycles. The lowest BCUT2D eigenvalue weighted by Crippen LogP contribution is -2.58. The maximum Gasteiger partial charge on any atom is 0.322 e. The van der Waals surface area contributed by atoms with Crippen molar-refractivity contribution in [3.05, 3.63) is 11.5 Å². The summed E-state index contributed by atoms with van der Waals surface area (Å²) in [6.45, 7) is 6.63. The smallest absolute Gasteiger partial charge is 0.322 e. The van der Waals surface area contributed by atoms with E-state index in [1.54, 1.807) is 18.7 Å². The number of carbonyl (C=O) groups excluding carboxylic acids is 2. The summed E-state index contributed by atoms with van der Waals surface area (Å²) >= 11 is 0. The van der Waals surface area contributed by atoms with Crippen molar-refractivity contribution in [2.45, 2.75) is 70.8 Å². The molecule has 2 fully saturated rings. The molecule has 0 spiro atoms. The van der Waals surface area contributed by atoms with E-state index in [1.165, 1.54) is 0 Å². The lowest BCUT2D eigenvalue weighted by atomic mass is 9.95. The van der Waals surface area contributed by atoms with Crippen molar-refractivity contribution < 1.29 is 28.7 Å². The number of β-amino-alcohol motifs (C(OH)–C–C–N with tert-alkyl or cyclic N) is 1. The third-order valence-electron chi connectivity index (χ3n) is 5.49. The number of ether oxygens (including phenoxy) is 2. The van der Waals surface area contributed by atoms with Crippen LogP contribution in [0, 0.1) is 13.8 Å². The summed E-state index contributed by atoms with van der Waals surface area (Å²) in [6, 6.07) is -0.613. The Kier molecular flexibility index (Phi) is 7.68. The zero-order valence-electron chi connectivity index (χ0n) is 17.8. The number of rotatable bonds is 5. The van der Waals surface area contributed by atoms with Gasteiger partial charge in [-0.1, -0.05) is 12.1 Å². The first-order valence-electron chi connectivity index (χ1n) is 10.6. The number of aliphatic hydroxyl groups excluding tert-OH is 1. The maximum absolute atomic E-state index is 13.1. The summed E-state index contributed by atoms with van der Waals surface area (Å²) in [5, 5.41) is 19.8.